The molecule has 3 rings (SSSR count). The van der Waals surface area contributed by atoms with Crippen LogP contribution in [-0.4, -0.2) is 12.8 Å². The third kappa shape index (κ3) is 1.00. The maximum absolute atomic E-state index is 7.90. The minimum Gasteiger partial charge on any atom is -0.454 e. The van der Waals surface area contributed by atoms with Gasteiger partial charge in [0.15, 0.2) is 11.5 Å². The van der Waals surface area contributed by atoms with Gasteiger partial charge in [0, 0.05) is 10.1 Å². The van der Waals surface area contributed by atoms with Crippen molar-refractivity contribution in [2.75, 3.05) is 6.75 Å². The summed E-state index contributed by atoms with van der Waals surface area (Å²) in [5.41, 5.74) is 6.47. The van der Waals surface area contributed by atoms with Crippen LogP contribution in [0, 0.1) is 0 Å². The average molecular weight is 182 g/mol. The van der Waals surface area contributed by atoms with E-state index in [1.54, 1.807) is 0 Å². The highest BCUT2D eigenvalue weighted by molar-refractivity contribution is 5.50. The molecule has 3 nitrogen and oxygen atoms in total. The predicted molar refractivity (Wildman–Crippen MR) is 47.9 cm³/mol. The molecule has 0 saturated carbocycles. The lowest BCUT2D eigenvalue weighted by Crippen LogP contribution is -2.19. The summed E-state index contributed by atoms with van der Waals surface area (Å²) in [4.78, 5) is 0. The normalized spacial score (nSPS) is 42.4. The van der Waals surface area contributed by atoms with Gasteiger partial charge in [0.05, 0.1) is 0 Å². The number of hydrogen-bond donors (Lipinski definition) is 1. The Labute approximate surface area is 83.5 Å². The van der Waals surface area contributed by atoms with E-state index in [1.165, 1.54) is 12.1 Å². The predicted octanol–water partition coefficient (Wildman–Crippen LogP) is 0.841. The summed E-state index contributed by atoms with van der Waals surface area (Å²) in [7, 11) is 0. The molecule has 2 N–H and O–H groups in total. The summed E-state index contributed by atoms with van der Waals surface area (Å²) < 4.78 is 48.1. The molecule has 0 saturated heterocycles. The van der Waals surface area contributed by atoms with Gasteiger partial charge in [-0.15, -0.1) is 0 Å². The molecule has 1 atom stereocenters. The van der Waals surface area contributed by atoms with Crippen LogP contribution < -0.4 is 15.2 Å². The first-order valence-corrected chi connectivity index (χ1v) is 3.97. The van der Waals surface area contributed by atoms with Gasteiger partial charge >= 0.3 is 0 Å². The molecule has 1 aliphatic heterocycles. The van der Waals surface area contributed by atoms with Crippen LogP contribution in [0.5, 0.6) is 11.5 Å². The van der Waals surface area contributed by atoms with Crippen molar-refractivity contribution in [2.45, 2.75) is 18.8 Å². The number of benzene rings is 1. The zero-order valence-electron chi connectivity index (χ0n) is 11.8. The summed E-state index contributed by atoms with van der Waals surface area (Å²) >= 11 is 0. The highest BCUT2D eigenvalue weighted by atomic mass is 16.7. The van der Waals surface area contributed by atoms with Crippen molar-refractivity contribution in [3.8, 4) is 11.5 Å². The van der Waals surface area contributed by atoms with E-state index in [2.05, 4.69) is 0 Å². The topological polar surface area (TPSA) is 44.5 Å². The van der Waals surface area contributed by atoms with Crippen LogP contribution >= 0.6 is 0 Å². The van der Waals surface area contributed by atoms with Gasteiger partial charge in [0.25, 0.3) is 0 Å². The van der Waals surface area contributed by atoms with Gasteiger partial charge in [-0.2, -0.15) is 0 Å². The quantitative estimate of drug-likeness (QED) is 0.646. The highest BCUT2D eigenvalue weighted by Crippen LogP contribution is 2.37. The van der Waals surface area contributed by atoms with Crippen LogP contribution in [0.25, 0.3) is 0 Å². The molecule has 0 amide bonds. The summed E-state index contributed by atoms with van der Waals surface area (Å²) in [5, 5.41) is 0. The van der Waals surface area contributed by atoms with E-state index in [0.717, 1.165) is 0 Å². The van der Waals surface area contributed by atoms with Crippen molar-refractivity contribution in [1.29, 1.82) is 0 Å². The standard InChI is InChI=1S/C10H11NO2/c11-8-1-6-3-9-10(13-5-12-9)4-7(6)2-8/h3-4,8H,1-2,5,11H2/i1D2,5D2,8D/t8-/m0/s1. The van der Waals surface area contributed by atoms with Gasteiger partial charge in [-0.05, 0) is 36.1 Å². The van der Waals surface area contributed by atoms with Crippen LogP contribution in [-0.2, 0) is 12.8 Å². The molecule has 1 aliphatic carbocycles. The molecular weight excluding hydrogens is 166 g/mol. The van der Waals surface area contributed by atoms with Gasteiger partial charge in [0.1, 0.15) is 2.74 Å². The molecule has 0 aromatic heterocycles. The second kappa shape index (κ2) is 2.39. The summed E-state index contributed by atoms with van der Waals surface area (Å²) in [5.74, 6) is 0.354. The molecule has 2 aliphatic rings. The first kappa shape index (κ1) is 3.88. The van der Waals surface area contributed by atoms with Gasteiger partial charge < -0.3 is 15.2 Å². The van der Waals surface area contributed by atoms with Crippen molar-refractivity contribution < 1.29 is 16.3 Å². The van der Waals surface area contributed by atoms with Crippen LogP contribution in [0.15, 0.2) is 12.1 Å². The van der Waals surface area contributed by atoms with E-state index < -0.39 is 19.1 Å². The zero-order valence-corrected chi connectivity index (χ0v) is 6.76. The number of fused-ring (bicyclic) bond motifs is 2. The van der Waals surface area contributed by atoms with Gasteiger partial charge in [-0.25, -0.2) is 0 Å². The molecule has 3 heteroatoms. The Kier molecular flexibility index (Phi) is 0.713. The van der Waals surface area contributed by atoms with Crippen molar-refractivity contribution in [3.63, 3.8) is 0 Å². The molecule has 13 heavy (non-hydrogen) atoms. The second-order valence-electron chi connectivity index (χ2n) is 3.07. The SMILES string of the molecule is [2H]C1([2H])Oc2cc3c(cc2O1)C([2H])([2H])[C@]([2H])(N)C3. The molecule has 68 valence electrons. The van der Waals surface area contributed by atoms with Gasteiger partial charge in [-0.3, -0.25) is 0 Å². The Balaban J connectivity index is 2.13. The van der Waals surface area contributed by atoms with Gasteiger partial charge in [-0.1, -0.05) is 0 Å². The minimum absolute atomic E-state index is 0.0506. The minimum atomic E-state index is -2.23. The molecule has 0 fully saturated rings. The molecule has 1 aromatic rings. The van der Waals surface area contributed by atoms with Crippen LogP contribution in [0.3, 0.4) is 0 Å². The Morgan fingerprint density at radius 3 is 2.85 bits per heavy atom. The summed E-state index contributed by atoms with van der Waals surface area (Å²) in [6.07, 6.45) is -1.95. The van der Waals surface area contributed by atoms with E-state index in [0.29, 0.717) is 5.56 Å². The summed E-state index contributed by atoms with van der Waals surface area (Å²) in [6.45, 7) is -2.23. The number of ether oxygens (including phenoxy) is 2. The second-order valence-corrected chi connectivity index (χ2v) is 3.07. The lowest BCUT2D eigenvalue weighted by molar-refractivity contribution is 0.174. The van der Waals surface area contributed by atoms with E-state index in [-0.39, 0.29) is 23.5 Å². The fraction of sp³-hybridized carbons (Fsp3) is 0.400. The van der Waals surface area contributed by atoms with Crippen LogP contribution in [0.2, 0.25) is 0 Å². The highest BCUT2D eigenvalue weighted by Gasteiger charge is 2.23. The Morgan fingerprint density at radius 2 is 2.08 bits per heavy atom. The van der Waals surface area contributed by atoms with Crippen LogP contribution in [0.4, 0.5) is 0 Å². The number of nitrogens with two attached hydrogens (primary N) is 1. The van der Waals surface area contributed by atoms with E-state index in [9.17, 15) is 0 Å². The first-order valence-electron chi connectivity index (χ1n) is 6.47. The van der Waals surface area contributed by atoms with Crippen LogP contribution in [0.1, 0.15) is 18.0 Å². The van der Waals surface area contributed by atoms with Crippen molar-refractivity contribution in [3.05, 3.63) is 23.3 Å². The molecular formula is C10H11NO2. The molecule has 0 spiro atoms. The third-order valence-electron chi connectivity index (χ3n) is 2.15. The molecule has 0 radical (unpaired) electrons. The fourth-order valence-corrected chi connectivity index (χ4v) is 1.56. The first-order chi connectivity index (χ1) is 8.12. The Morgan fingerprint density at radius 1 is 1.38 bits per heavy atom. The van der Waals surface area contributed by atoms with E-state index >= 15 is 0 Å². The maximum Gasteiger partial charge on any atom is 0.231 e. The third-order valence-corrected chi connectivity index (χ3v) is 2.15. The molecule has 0 unspecified atom stereocenters. The van der Waals surface area contributed by atoms with Crippen molar-refractivity contribution >= 4 is 0 Å². The fourth-order valence-electron chi connectivity index (χ4n) is 1.56. The maximum atomic E-state index is 7.90. The summed E-state index contributed by atoms with van der Waals surface area (Å²) in [6, 6.07) is 1.14. The average Bonchev–Trinajstić information content (AvgIpc) is 2.55. The monoisotopic (exact) mass is 182 g/mol. The Bertz CT molecular complexity index is 543. The lowest BCUT2D eigenvalue weighted by atomic mass is 10.1. The van der Waals surface area contributed by atoms with E-state index in [1.807, 2.05) is 0 Å². The van der Waals surface area contributed by atoms with E-state index in [4.69, 9.17) is 22.1 Å². The number of hydrogen-bond acceptors (Lipinski definition) is 3. The van der Waals surface area contributed by atoms with Gasteiger partial charge in [0.2, 0.25) is 6.75 Å². The molecule has 1 aromatic carbocycles. The largest absolute Gasteiger partial charge is 0.454 e. The molecule has 1 heterocycles. The zero-order chi connectivity index (χ0) is 13.3. The molecule has 0 bridgehead atoms. The van der Waals surface area contributed by atoms with Crippen molar-refractivity contribution in [2.24, 2.45) is 5.73 Å². The smallest absolute Gasteiger partial charge is 0.231 e. The number of rotatable bonds is 0. The van der Waals surface area contributed by atoms with Crippen molar-refractivity contribution in [1.82, 2.24) is 0 Å². The lowest BCUT2D eigenvalue weighted by Gasteiger charge is -2.00. The Hall–Kier alpha value is -1.22.